The van der Waals surface area contributed by atoms with Crippen LogP contribution in [0, 0.1) is 5.92 Å². The lowest BCUT2D eigenvalue weighted by Gasteiger charge is -2.29. The molecule has 0 amide bonds. The topological polar surface area (TPSA) is 29.3 Å². The summed E-state index contributed by atoms with van der Waals surface area (Å²) in [6, 6.07) is 6.25. The van der Waals surface area contributed by atoms with Gasteiger partial charge in [0.05, 0.1) is 10.7 Å². The summed E-state index contributed by atoms with van der Waals surface area (Å²) in [5.74, 6) is 0.615. The lowest BCUT2D eigenvalue weighted by Crippen LogP contribution is -2.29. The number of nitrogens with two attached hydrogens (primary N) is 1. The van der Waals surface area contributed by atoms with E-state index in [2.05, 4.69) is 31.7 Å². The van der Waals surface area contributed by atoms with Crippen LogP contribution in [0.1, 0.15) is 33.3 Å². The molecule has 0 radical (unpaired) electrons. The maximum atomic E-state index is 6.39. The fraction of sp³-hybridized carbons (Fsp3) is 0.600. The normalized spacial score (nSPS) is 12.8. The van der Waals surface area contributed by atoms with Crippen LogP contribution < -0.4 is 10.6 Å². The fourth-order valence-electron chi connectivity index (χ4n) is 2.25. The minimum atomic E-state index is 0.153. The van der Waals surface area contributed by atoms with Crippen LogP contribution in [0.15, 0.2) is 18.2 Å². The Bertz CT molecular complexity index is 375. The van der Waals surface area contributed by atoms with Crippen molar-refractivity contribution in [1.82, 2.24) is 0 Å². The highest BCUT2D eigenvalue weighted by Crippen LogP contribution is 2.31. The van der Waals surface area contributed by atoms with Gasteiger partial charge in [0.2, 0.25) is 0 Å². The van der Waals surface area contributed by atoms with Gasteiger partial charge in [0.1, 0.15) is 0 Å². The second kappa shape index (κ2) is 7.01. The Balaban J connectivity index is 3.09. The summed E-state index contributed by atoms with van der Waals surface area (Å²) >= 11 is 6.39. The quantitative estimate of drug-likeness (QED) is 0.852. The van der Waals surface area contributed by atoms with Crippen LogP contribution in [0.4, 0.5) is 5.69 Å². The van der Waals surface area contributed by atoms with Crippen molar-refractivity contribution in [1.29, 1.82) is 0 Å². The molecule has 0 aromatic heterocycles. The molecule has 18 heavy (non-hydrogen) atoms. The third-order valence-corrected chi connectivity index (χ3v) is 3.20. The zero-order chi connectivity index (χ0) is 13.7. The zero-order valence-corrected chi connectivity index (χ0v) is 12.7. The second-order valence-electron chi connectivity index (χ2n) is 5.36. The van der Waals surface area contributed by atoms with Crippen LogP contribution in [0.5, 0.6) is 0 Å². The van der Waals surface area contributed by atoms with Gasteiger partial charge in [-0.3, -0.25) is 0 Å². The molecule has 1 atom stereocenters. The van der Waals surface area contributed by atoms with E-state index in [-0.39, 0.29) is 6.04 Å². The summed E-state index contributed by atoms with van der Waals surface area (Å²) in [6.45, 7) is 10.6. The Morgan fingerprint density at radius 1 is 1.28 bits per heavy atom. The minimum absolute atomic E-state index is 0.153. The lowest BCUT2D eigenvalue weighted by molar-refractivity contribution is 0.615. The number of para-hydroxylation sites is 1. The zero-order valence-electron chi connectivity index (χ0n) is 11.9. The molecule has 0 heterocycles. The van der Waals surface area contributed by atoms with E-state index in [1.807, 2.05) is 19.1 Å². The van der Waals surface area contributed by atoms with Crippen LogP contribution in [0.2, 0.25) is 5.02 Å². The smallest absolute Gasteiger partial charge is 0.0642 e. The second-order valence-corrected chi connectivity index (χ2v) is 5.77. The summed E-state index contributed by atoms with van der Waals surface area (Å²) in [4.78, 5) is 2.35. The van der Waals surface area contributed by atoms with Crippen molar-refractivity contribution in [2.45, 2.75) is 40.2 Å². The minimum Gasteiger partial charge on any atom is -0.370 e. The highest BCUT2D eigenvalue weighted by atomic mass is 35.5. The number of hydrogen-bond acceptors (Lipinski definition) is 2. The first kappa shape index (κ1) is 15.3. The van der Waals surface area contributed by atoms with Gasteiger partial charge in [0.15, 0.2) is 0 Å². The molecule has 0 aliphatic carbocycles. The van der Waals surface area contributed by atoms with E-state index in [1.165, 1.54) is 5.56 Å². The molecule has 0 bridgehead atoms. The Morgan fingerprint density at radius 2 is 1.94 bits per heavy atom. The first-order valence-corrected chi connectivity index (χ1v) is 7.11. The van der Waals surface area contributed by atoms with E-state index < -0.39 is 0 Å². The van der Waals surface area contributed by atoms with Gasteiger partial charge in [-0.2, -0.15) is 0 Å². The summed E-state index contributed by atoms with van der Waals surface area (Å²) in [5, 5.41) is 0.829. The van der Waals surface area contributed by atoms with Gasteiger partial charge >= 0.3 is 0 Å². The molecule has 1 unspecified atom stereocenters. The molecule has 0 fully saturated rings. The third kappa shape index (κ3) is 4.18. The van der Waals surface area contributed by atoms with Crippen molar-refractivity contribution in [2.75, 3.05) is 18.0 Å². The van der Waals surface area contributed by atoms with E-state index in [0.717, 1.165) is 30.2 Å². The molecule has 0 saturated heterocycles. The van der Waals surface area contributed by atoms with E-state index in [9.17, 15) is 0 Å². The number of anilines is 1. The van der Waals surface area contributed by atoms with Crippen LogP contribution in [0.25, 0.3) is 0 Å². The van der Waals surface area contributed by atoms with Gasteiger partial charge in [0, 0.05) is 19.1 Å². The maximum absolute atomic E-state index is 6.39. The van der Waals surface area contributed by atoms with E-state index in [1.54, 1.807) is 0 Å². The van der Waals surface area contributed by atoms with Crippen LogP contribution in [-0.4, -0.2) is 19.1 Å². The molecule has 0 aliphatic heterocycles. The summed E-state index contributed by atoms with van der Waals surface area (Å²) in [5.41, 5.74) is 8.33. The molecular formula is C15H25ClN2. The number of halogens is 1. The standard InChI is InChI=1S/C15H25ClN2/c1-5-18(10-11(2)3)15-13(9-12(4)17)7-6-8-14(15)16/h6-8,11-12H,5,9-10,17H2,1-4H3. The fourth-order valence-corrected chi connectivity index (χ4v) is 2.56. The number of benzene rings is 1. The molecule has 2 nitrogen and oxygen atoms in total. The first-order valence-electron chi connectivity index (χ1n) is 6.73. The van der Waals surface area contributed by atoms with Gasteiger partial charge in [-0.25, -0.2) is 0 Å². The Kier molecular flexibility index (Phi) is 5.97. The molecule has 1 aromatic carbocycles. The average molecular weight is 269 g/mol. The largest absolute Gasteiger partial charge is 0.370 e. The maximum Gasteiger partial charge on any atom is 0.0642 e. The van der Waals surface area contributed by atoms with Gasteiger partial charge in [0.25, 0.3) is 0 Å². The van der Waals surface area contributed by atoms with Crippen LogP contribution in [-0.2, 0) is 6.42 Å². The number of rotatable bonds is 6. The van der Waals surface area contributed by atoms with Crippen molar-refractivity contribution >= 4 is 17.3 Å². The molecule has 0 aliphatic rings. The van der Waals surface area contributed by atoms with E-state index in [4.69, 9.17) is 17.3 Å². The van der Waals surface area contributed by atoms with Crippen molar-refractivity contribution in [3.8, 4) is 0 Å². The molecule has 1 rings (SSSR count). The van der Waals surface area contributed by atoms with Crippen LogP contribution in [0.3, 0.4) is 0 Å². The van der Waals surface area contributed by atoms with Gasteiger partial charge in [-0.15, -0.1) is 0 Å². The predicted molar refractivity (Wildman–Crippen MR) is 81.5 cm³/mol. The van der Waals surface area contributed by atoms with E-state index >= 15 is 0 Å². The van der Waals surface area contributed by atoms with Crippen molar-refractivity contribution in [2.24, 2.45) is 11.7 Å². The molecule has 2 N–H and O–H groups in total. The molecule has 0 spiro atoms. The highest BCUT2D eigenvalue weighted by Gasteiger charge is 2.15. The molecule has 1 aromatic rings. The molecular weight excluding hydrogens is 244 g/mol. The number of hydrogen-bond donors (Lipinski definition) is 1. The molecule has 0 saturated carbocycles. The Morgan fingerprint density at radius 3 is 2.44 bits per heavy atom. The SMILES string of the molecule is CCN(CC(C)C)c1c(Cl)cccc1CC(C)N. The van der Waals surface area contributed by atoms with Crippen LogP contribution >= 0.6 is 11.6 Å². The summed E-state index contributed by atoms with van der Waals surface area (Å²) in [7, 11) is 0. The summed E-state index contributed by atoms with van der Waals surface area (Å²) in [6.07, 6.45) is 0.866. The van der Waals surface area contributed by atoms with Gasteiger partial charge in [-0.1, -0.05) is 37.6 Å². The summed E-state index contributed by atoms with van der Waals surface area (Å²) < 4.78 is 0. The Hall–Kier alpha value is -0.730. The van der Waals surface area contributed by atoms with Crippen molar-refractivity contribution < 1.29 is 0 Å². The molecule has 102 valence electrons. The highest BCUT2D eigenvalue weighted by molar-refractivity contribution is 6.33. The van der Waals surface area contributed by atoms with E-state index in [0.29, 0.717) is 5.92 Å². The first-order chi connectivity index (χ1) is 8.45. The average Bonchev–Trinajstić information content (AvgIpc) is 2.25. The Labute approximate surface area is 116 Å². The monoisotopic (exact) mass is 268 g/mol. The number of nitrogens with zero attached hydrogens (tertiary/aromatic N) is 1. The van der Waals surface area contributed by atoms with Gasteiger partial charge < -0.3 is 10.6 Å². The third-order valence-electron chi connectivity index (χ3n) is 2.90. The van der Waals surface area contributed by atoms with Gasteiger partial charge in [-0.05, 0) is 37.8 Å². The molecule has 3 heteroatoms. The van der Waals surface area contributed by atoms with Crippen molar-refractivity contribution in [3.63, 3.8) is 0 Å². The predicted octanol–water partition coefficient (Wildman–Crippen LogP) is 3.71. The van der Waals surface area contributed by atoms with Crippen molar-refractivity contribution in [3.05, 3.63) is 28.8 Å². The lowest BCUT2D eigenvalue weighted by atomic mass is 10.0.